The number of urea groups is 1. The second-order valence-corrected chi connectivity index (χ2v) is 9.83. The van der Waals surface area contributed by atoms with Gasteiger partial charge >= 0.3 is 6.03 Å². The minimum atomic E-state index is -1.08. The predicted molar refractivity (Wildman–Crippen MR) is 126 cm³/mol. The van der Waals surface area contributed by atoms with Crippen molar-refractivity contribution in [3.63, 3.8) is 0 Å². The van der Waals surface area contributed by atoms with Crippen molar-refractivity contribution in [2.45, 2.75) is 57.3 Å². The maximum absolute atomic E-state index is 13.7. The van der Waals surface area contributed by atoms with Crippen molar-refractivity contribution in [3.8, 4) is 0 Å². The van der Waals surface area contributed by atoms with Crippen molar-refractivity contribution in [1.29, 1.82) is 0 Å². The van der Waals surface area contributed by atoms with Gasteiger partial charge in [-0.3, -0.25) is 14.5 Å². The van der Waals surface area contributed by atoms with Crippen LogP contribution < -0.4 is 0 Å². The number of hydrogen-bond donors (Lipinski definition) is 1. The van der Waals surface area contributed by atoms with Crippen molar-refractivity contribution in [1.82, 2.24) is 14.7 Å². The minimum Gasteiger partial charge on any atom is -0.392 e. The molecule has 1 spiro atoms. The molecule has 0 bridgehead atoms. The first-order valence-corrected chi connectivity index (χ1v) is 12.0. The van der Waals surface area contributed by atoms with E-state index in [1.807, 2.05) is 47.4 Å². The second kappa shape index (κ2) is 8.55. The molecule has 7 nitrogen and oxygen atoms in total. The molecule has 5 rings (SSSR count). The van der Waals surface area contributed by atoms with E-state index >= 15 is 0 Å². The lowest BCUT2D eigenvalue weighted by Gasteiger charge is -2.31. The number of imide groups is 1. The Morgan fingerprint density at radius 2 is 1.88 bits per heavy atom. The van der Waals surface area contributed by atoms with E-state index in [0.717, 1.165) is 40.0 Å². The smallest absolute Gasteiger partial charge is 0.328 e. The maximum Gasteiger partial charge on any atom is 0.328 e. The van der Waals surface area contributed by atoms with E-state index in [-0.39, 0.29) is 31.0 Å². The standard InChI is InChI=1S/C27H31N3O4/c1-18(21-9-10-21)29(15-19-6-4-3-5-7-19)24(32)16-30-25(33)27(28(2)26(30)34)13-12-22-14-20(17-31)8-11-23(22)27/h3-8,11,14,18,21,31H,9-10,12-13,15-17H2,1-2H3. The molecule has 2 aliphatic carbocycles. The monoisotopic (exact) mass is 461 g/mol. The van der Waals surface area contributed by atoms with Crippen LogP contribution in [0.1, 0.15) is 48.4 Å². The second-order valence-electron chi connectivity index (χ2n) is 9.83. The molecule has 34 heavy (non-hydrogen) atoms. The highest BCUT2D eigenvalue weighted by atomic mass is 16.3. The molecule has 2 aromatic carbocycles. The molecule has 1 saturated heterocycles. The molecule has 1 saturated carbocycles. The Balaban J connectivity index is 1.40. The van der Waals surface area contributed by atoms with Crippen molar-refractivity contribution in [2.75, 3.05) is 13.6 Å². The Bertz CT molecular complexity index is 1130. The summed E-state index contributed by atoms with van der Waals surface area (Å²) >= 11 is 0. The number of aliphatic hydroxyl groups is 1. The highest BCUT2D eigenvalue weighted by Gasteiger charge is 2.59. The SMILES string of the molecule is CC(C1CC1)N(Cc1ccccc1)C(=O)CN1C(=O)N(C)C2(CCc3cc(CO)ccc32)C1=O. The normalized spacial score (nSPS) is 22.4. The van der Waals surface area contributed by atoms with Gasteiger partial charge in [-0.05, 0) is 60.8 Å². The first-order chi connectivity index (χ1) is 16.4. The Kier molecular flexibility index (Phi) is 5.68. The molecule has 4 amide bonds. The highest BCUT2D eigenvalue weighted by Crippen LogP contribution is 2.46. The van der Waals surface area contributed by atoms with Gasteiger partial charge in [0.05, 0.1) is 6.61 Å². The molecule has 2 unspecified atom stereocenters. The van der Waals surface area contributed by atoms with Crippen LogP contribution in [0.25, 0.3) is 0 Å². The van der Waals surface area contributed by atoms with Crippen molar-refractivity contribution < 1.29 is 19.5 Å². The molecule has 3 aliphatic rings. The van der Waals surface area contributed by atoms with Gasteiger partial charge in [-0.25, -0.2) is 4.79 Å². The predicted octanol–water partition coefficient (Wildman–Crippen LogP) is 3.04. The lowest BCUT2D eigenvalue weighted by molar-refractivity contribution is -0.141. The van der Waals surface area contributed by atoms with Gasteiger partial charge in [-0.2, -0.15) is 0 Å². The number of amides is 4. The van der Waals surface area contributed by atoms with Crippen LogP contribution in [0.2, 0.25) is 0 Å². The summed E-state index contributed by atoms with van der Waals surface area (Å²) in [6, 6.07) is 15.0. The van der Waals surface area contributed by atoms with Crippen LogP contribution in [-0.4, -0.2) is 57.3 Å². The lowest BCUT2D eigenvalue weighted by Crippen LogP contribution is -2.47. The lowest BCUT2D eigenvalue weighted by atomic mass is 9.90. The minimum absolute atomic E-state index is 0.0521. The quantitative estimate of drug-likeness (QED) is 0.643. The summed E-state index contributed by atoms with van der Waals surface area (Å²) in [6.45, 7) is 2.20. The summed E-state index contributed by atoms with van der Waals surface area (Å²) < 4.78 is 0. The van der Waals surface area contributed by atoms with Gasteiger partial charge in [0.1, 0.15) is 12.1 Å². The van der Waals surface area contributed by atoms with E-state index in [2.05, 4.69) is 6.92 Å². The fourth-order valence-corrected chi connectivity index (χ4v) is 5.61. The van der Waals surface area contributed by atoms with Crippen LogP contribution in [0.3, 0.4) is 0 Å². The number of likely N-dealkylation sites (N-methyl/N-ethyl adjacent to an activating group) is 1. The number of carbonyl (C=O) groups is 3. The number of aliphatic hydroxyl groups excluding tert-OH is 1. The molecule has 0 aromatic heterocycles. The molecule has 7 heteroatoms. The molecule has 2 aromatic rings. The number of nitrogens with zero attached hydrogens (tertiary/aromatic N) is 3. The number of fused-ring (bicyclic) bond motifs is 2. The van der Waals surface area contributed by atoms with Crippen molar-refractivity contribution >= 4 is 17.8 Å². The Morgan fingerprint density at radius 1 is 1.15 bits per heavy atom. The maximum atomic E-state index is 13.7. The molecular weight excluding hydrogens is 430 g/mol. The van der Waals surface area contributed by atoms with Crippen LogP contribution >= 0.6 is 0 Å². The molecule has 2 atom stereocenters. The van der Waals surface area contributed by atoms with Gasteiger partial charge in [0.25, 0.3) is 5.91 Å². The van der Waals surface area contributed by atoms with E-state index in [0.29, 0.717) is 25.3 Å². The molecule has 2 fully saturated rings. The Labute approximate surface area is 200 Å². The summed E-state index contributed by atoms with van der Waals surface area (Å²) in [6.07, 6.45) is 3.32. The average molecular weight is 462 g/mol. The molecular formula is C27H31N3O4. The fraction of sp³-hybridized carbons (Fsp3) is 0.444. The van der Waals surface area contributed by atoms with Gasteiger partial charge < -0.3 is 14.9 Å². The third kappa shape index (κ3) is 3.59. The zero-order valence-corrected chi connectivity index (χ0v) is 19.7. The Hall–Kier alpha value is -3.19. The molecule has 1 N–H and O–H groups in total. The summed E-state index contributed by atoms with van der Waals surface area (Å²) in [5, 5.41) is 9.48. The van der Waals surface area contributed by atoms with E-state index in [1.54, 1.807) is 13.1 Å². The summed E-state index contributed by atoms with van der Waals surface area (Å²) in [5.74, 6) is -0.0686. The van der Waals surface area contributed by atoms with E-state index in [9.17, 15) is 19.5 Å². The summed E-state index contributed by atoms with van der Waals surface area (Å²) in [7, 11) is 1.65. The van der Waals surface area contributed by atoms with Crippen LogP contribution in [0.15, 0.2) is 48.5 Å². The van der Waals surface area contributed by atoms with E-state index < -0.39 is 11.6 Å². The first kappa shape index (κ1) is 22.6. The number of rotatable bonds is 7. The molecule has 178 valence electrons. The van der Waals surface area contributed by atoms with Crippen molar-refractivity contribution in [2.24, 2.45) is 5.92 Å². The third-order valence-electron chi connectivity index (χ3n) is 7.85. The largest absolute Gasteiger partial charge is 0.392 e. The molecule has 0 radical (unpaired) electrons. The topological polar surface area (TPSA) is 81.2 Å². The highest BCUT2D eigenvalue weighted by molar-refractivity contribution is 6.09. The molecule has 1 aliphatic heterocycles. The number of aryl methyl sites for hydroxylation is 1. The van der Waals surface area contributed by atoms with Crippen LogP contribution in [-0.2, 0) is 34.7 Å². The van der Waals surface area contributed by atoms with Crippen LogP contribution in [0.4, 0.5) is 4.79 Å². The van der Waals surface area contributed by atoms with E-state index in [1.165, 1.54) is 4.90 Å². The van der Waals surface area contributed by atoms with Crippen LogP contribution in [0.5, 0.6) is 0 Å². The van der Waals surface area contributed by atoms with Gasteiger partial charge in [0.15, 0.2) is 0 Å². The first-order valence-electron chi connectivity index (χ1n) is 12.0. The van der Waals surface area contributed by atoms with E-state index in [4.69, 9.17) is 0 Å². The zero-order valence-electron chi connectivity index (χ0n) is 19.7. The van der Waals surface area contributed by atoms with Crippen LogP contribution in [0, 0.1) is 5.92 Å². The van der Waals surface area contributed by atoms with Gasteiger partial charge in [-0.1, -0.05) is 48.5 Å². The molecule has 1 heterocycles. The average Bonchev–Trinajstić information content (AvgIpc) is 3.62. The summed E-state index contributed by atoms with van der Waals surface area (Å²) in [5.41, 5.74) is 2.51. The number of benzene rings is 2. The van der Waals surface area contributed by atoms with Gasteiger partial charge in [0.2, 0.25) is 5.91 Å². The van der Waals surface area contributed by atoms with Gasteiger partial charge in [0, 0.05) is 19.6 Å². The van der Waals surface area contributed by atoms with Crippen molar-refractivity contribution in [3.05, 3.63) is 70.8 Å². The number of hydrogen-bond acceptors (Lipinski definition) is 4. The Morgan fingerprint density at radius 3 is 2.56 bits per heavy atom. The zero-order chi connectivity index (χ0) is 24.0. The number of carbonyl (C=O) groups excluding carboxylic acids is 3. The van der Waals surface area contributed by atoms with Gasteiger partial charge in [-0.15, -0.1) is 0 Å². The fourth-order valence-electron chi connectivity index (χ4n) is 5.61. The summed E-state index contributed by atoms with van der Waals surface area (Å²) in [4.78, 5) is 45.0. The third-order valence-corrected chi connectivity index (χ3v) is 7.85.